The van der Waals surface area contributed by atoms with E-state index >= 15 is 0 Å². The summed E-state index contributed by atoms with van der Waals surface area (Å²) in [6, 6.07) is 42.5. The van der Waals surface area contributed by atoms with Crippen LogP contribution in [-0.2, 0) is 21.7 Å². The zero-order valence-electron chi connectivity index (χ0n) is 26.5. The number of nitrogens with zero attached hydrogens (tertiary/aromatic N) is 2. The Morgan fingerprint density at radius 1 is 0.531 bits per heavy atom. The monoisotopic (exact) mass is 694 g/mol. The van der Waals surface area contributed by atoms with E-state index in [9.17, 15) is 27.8 Å². The Morgan fingerprint density at radius 3 is 1.20 bits per heavy atom. The SMILES string of the molecule is Cc1cc2cc(O)ccc2n1-c1ccc(F)[c-]c1F.Cc1cc2cc(O)ccc2n1-c1ccc(F)[c-]c1F.[Ti+4].c1cc[cH-]c1.c1cc[cH-]c1. The van der Waals surface area contributed by atoms with Gasteiger partial charge in [-0.1, -0.05) is 0 Å². The fourth-order valence-electron chi connectivity index (χ4n) is 5.18. The largest absolute Gasteiger partial charge is 4.00 e. The van der Waals surface area contributed by atoms with E-state index in [0.717, 1.165) is 33.2 Å². The molecule has 6 aromatic carbocycles. The van der Waals surface area contributed by atoms with Crippen molar-refractivity contribution in [2.45, 2.75) is 13.8 Å². The van der Waals surface area contributed by atoms with Gasteiger partial charge in [-0.25, -0.2) is 41.8 Å². The van der Waals surface area contributed by atoms with Crippen LogP contribution in [0.25, 0.3) is 33.2 Å². The summed E-state index contributed by atoms with van der Waals surface area (Å²) in [6.07, 6.45) is 0. The van der Waals surface area contributed by atoms with Crippen LogP contribution in [0, 0.1) is 49.2 Å². The third-order valence-electron chi connectivity index (χ3n) is 7.21. The van der Waals surface area contributed by atoms with Crippen LogP contribution in [0.4, 0.5) is 17.6 Å². The van der Waals surface area contributed by atoms with Crippen molar-refractivity contribution in [2.75, 3.05) is 0 Å². The van der Waals surface area contributed by atoms with Gasteiger partial charge in [0.2, 0.25) is 0 Å². The zero-order valence-corrected chi connectivity index (χ0v) is 28.1. The first-order valence-electron chi connectivity index (χ1n) is 14.8. The van der Waals surface area contributed by atoms with Crippen LogP contribution in [0.5, 0.6) is 11.5 Å². The summed E-state index contributed by atoms with van der Waals surface area (Å²) >= 11 is 0. The maximum Gasteiger partial charge on any atom is 4.00 e. The zero-order chi connectivity index (χ0) is 34.2. The molecule has 2 heterocycles. The van der Waals surface area contributed by atoms with Crippen molar-refractivity contribution in [1.82, 2.24) is 9.13 Å². The van der Waals surface area contributed by atoms with Crippen molar-refractivity contribution >= 4 is 21.8 Å². The van der Waals surface area contributed by atoms with Crippen LogP contribution in [0.2, 0.25) is 0 Å². The van der Waals surface area contributed by atoms with Crippen molar-refractivity contribution in [3.8, 4) is 22.9 Å². The number of phenols is 2. The minimum absolute atomic E-state index is 0. The van der Waals surface area contributed by atoms with Crippen molar-refractivity contribution in [3.05, 3.63) is 180 Å². The first kappa shape index (κ1) is 36.5. The Kier molecular flexibility index (Phi) is 12.4. The van der Waals surface area contributed by atoms with Crippen LogP contribution >= 0.6 is 0 Å². The van der Waals surface area contributed by atoms with Crippen molar-refractivity contribution < 1.29 is 49.5 Å². The van der Waals surface area contributed by atoms with Crippen LogP contribution in [0.1, 0.15) is 11.4 Å². The molecule has 0 radical (unpaired) electrons. The predicted octanol–water partition coefficient (Wildman–Crippen LogP) is 10.3. The third kappa shape index (κ3) is 8.99. The summed E-state index contributed by atoms with van der Waals surface area (Å²) < 4.78 is 56.8. The van der Waals surface area contributed by atoms with Gasteiger partial charge in [0, 0.05) is 56.5 Å². The van der Waals surface area contributed by atoms with Crippen molar-refractivity contribution in [3.63, 3.8) is 0 Å². The summed E-state index contributed by atoms with van der Waals surface area (Å²) in [4.78, 5) is 0. The second-order valence-electron chi connectivity index (χ2n) is 10.7. The Bertz CT molecular complexity index is 2040. The fraction of sp³-hybridized carbons (Fsp3) is 0.0500. The maximum absolute atomic E-state index is 13.8. The van der Waals surface area contributed by atoms with Crippen LogP contribution < -0.4 is 0 Å². The Hall–Kier alpha value is -5.31. The summed E-state index contributed by atoms with van der Waals surface area (Å²) in [5.41, 5.74) is 3.54. The molecule has 0 saturated carbocycles. The first-order valence-corrected chi connectivity index (χ1v) is 14.8. The summed E-state index contributed by atoms with van der Waals surface area (Å²) in [5, 5.41) is 20.5. The molecule has 2 aromatic heterocycles. The van der Waals surface area contributed by atoms with Gasteiger partial charge in [-0.15, -0.1) is 36.4 Å². The smallest absolute Gasteiger partial charge is 0.508 e. The molecule has 0 amide bonds. The molecular formula is C40H30F4N2O2Ti. The van der Waals surface area contributed by atoms with Crippen molar-refractivity contribution in [1.29, 1.82) is 0 Å². The average molecular weight is 695 g/mol. The molecule has 0 spiro atoms. The molecule has 2 N–H and O–H groups in total. The molecule has 0 aliphatic rings. The summed E-state index contributed by atoms with van der Waals surface area (Å²) in [7, 11) is 0. The minimum Gasteiger partial charge on any atom is -0.508 e. The average Bonchev–Trinajstić information content (AvgIpc) is 3.87. The predicted molar refractivity (Wildman–Crippen MR) is 181 cm³/mol. The van der Waals surface area contributed by atoms with E-state index in [1.807, 2.05) is 98.8 Å². The first-order chi connectivity index (χ1) is 23.1. The molecule has 4 nitrogen and oxygen atoms in total. The number of fused-ring (bicyclic) bond motifs is 2. The molecule has 0 bridgehead atoms. The molecule has 0 saturated heterocycles. The van der Waals surface area contributed by atoms with Gasteiger partial charge in [-0.05, 0) is 73.8 Å². The molecule has 0 aliphatic carbocycles. The molecule has 0 aliphatic heterocycles. The normalized spacial score (nSPS) is 10.2. The molecule has 8 aromatic rings. The summed E-state index contributed by atoms with van der Waals surface area (Å²) in [6.45, 7) is 3.64. The second-order valence-corrected chi connectivity index (χ2v) is 10.7. The molecule has 0 fully saturated rings. The Balaban J connectivity index is 0.000000169. The third-order valence-corrected chi connectivity index (χ3v) is 7.21. The van der Waals surface area contributed by atoms with E-state index in [2.05, 4.69) is 0 Å². The maximum atomic E-state index is 13.8. The van der Waals surface area contributed by atoms with Crippen LogP contribution in [0.15, 0.2) is 133 Å². The molecule has 0 unspecified atom stereocenters. The van der Waals surface area contributed by atoms with Gasteiger partial charge < -0.3 is 19.3 Å². The van der Waals surface area contributed by atoms with E-state index in [4.69, 9.17) is 0 Å². The van der Waals surface area contributed by atoms with E-state index in [1.54, 1.807) is 33.4 Å². The van der Waals surface area contributed by atoms with Gasteiger partial charge in [0.1, 0.15) is 11.5 Å². The summed E-state index contributed by atoms with van der Waals surface area (Å²) in [5.74, 6) is -2.64. The number of rotatable bonds is 2. The quantitative estimate of drug-likeness (QED) is 0.108. The topological polar surface area (TPSA) is 50.3 Å². The van der Waals surface area contributed by atoms with Crippen molar-refractivity contribution in [2.24, 2.45) is 0 Å². The van der Waals surface area contributed by atoms with E-state index in [1.165, 1.54) is 36.4 Å². The van der Waals surface area contributed by atoms with Gasteiger partial charge >= 0.3 is 21.7 Å². The van der Waals surface area contributed by atoms with Gasteiger partial charge in [-0.2, -0.15) is 36.4 Å². The van der Waals surface area contributed by atoms with Gasteiger partial charge in [0.05, 0.1) is 0 Å². The number of phenolic OH excluding ortho intramolecular Hbond substituents is 2. The number of aromatic nitrogens is 2. The van der Waals surface area contributed by atoms with Crippen LogP contribution in [-0.4, -0.2) is 19.3 Å². The number of hydrogen-bond donors (Lipinski definition) is 2. The number of hydrogen-bond acceptors (Lipinski definition) is 2. The number of benzene rings is 4. The minimum atomic E-state index is -0.742. The van der Waals surface area contributed by atoms with E-state index in [0.29, 0.717) is 0 Å². The van der Waals surface area contributed by atoms with E-state index < -0.39 is 23.3 Å². The van der Waals surface area contributed by atoms with Crippen LogP contribution in [0.3, 0.4) is 0 Å². The molecule has 49 heavy (non-hydrogen) atoms. The van der Waals surface area contributed by atoms with Gasteiger partial charge in [0.25, 0.3) is 0 Å². The number of halogens is 4. The molecule has 244 valence electrons. The Labute approximate surface area is 296 Å². The number of aryl methyl sites for hydroxylation is 2. The molecule has 8 rings (SSSR count). The molecular weight excluding hydrogens is 664 g/mol. The van der Waals surface area contributed by atoms with Gasteiger partial charge in [0.15, 0.2) is 0 Å². The Morgan fingerprint density at radius 2 is 0.898 bits per heavy atom. The molecule has 0 atom stereocenters. The van der Waals surface area contributed by atoms with Gasteiger partial charge in [-0.3, -0.25) is 0 Å². The fourth-order valence-corrected chi connectivity index (χ4v) is 5.18. The second kappa shape index (κ2) is 16.7. The molecule has 9 heteroatoms. The van der Waals surface area contributed by atoms with E-state index in [-0.39, 0.29) is 44.6 Å². The number of aromatic hydroxyl groups is 2. The standard InChI is InChI=1S/2C15H10F2NO.2C5H5.Ti/c2*1-9-6-10-7-12(19)3-5-14(10)18(9)15-4-2-11(16)8-13(15)17;2*1-2-4-5-3-1;/h2*2-7,19H,1H3;2*1-5H;/q4*-1;+4.